The number of rotatable bonds is 5. The van der Waals surface area contributed by atoms with Crippen LogP contribution < -0.4 is 4.74 Å². The van der Waals surface area contributed by atoms with Crippen molar-refractivity contribution in [1.82, 2.24) is 4.90 Å². The minimum Gasteiger partial charge on any atom is -0.496 e. The van der Waals surface area contributed by atoms with E-state index in [1.54, 1.807) is 7.11 Å². The minimum atomic E-state index is -0.387. The van der Waals surface area contributed by atoms with Gasteiger partial charge in [0.25, 0.3) is 0 Å². The Hall–Kier alpha value is -2.02. The largest absolute Gasteiger partial charge is 0.496 e. The average molecular weight is 314 g/mol. The Kier molecular flexibility index (Phi) is 6.46. The van der Waals surface area contributed by atoms with Gasteiger partial charge in [0.2, 0.25) is 5.91 Å². The zero-order valence-electron chi connectivity index (χ0n) is 14.2. The second-order valence-corrected chi connectivity index (χ2v) is 6.11. The maximum atomic E-state index is 12.5. The van der Waals surface area contributed by atoms with E-state index in [2.05, 4.69) is 13.0 Å². The molecule has 1 fully saturated rings. The fourth-order valence-corrected chi connectivity index (χ4v) is 3.15. The van der Waals surface area contributed by atoms with Crippen LogP contribution in [0.4, 0.5) is 0 Å². The molecule has 124 valence electrons. The summed E-state index contributed by atoms with van der Waals surface area (Å²) in [6.45, 7) is 3.73. The monoisotopic (exact) mass is 314 g/mol. The Morgan fingerprint density at radius 3 is 2.57 bits per heavy atom. The standard InChI is InChI=1S/C19H26N2O2/c1-3-15-12-16(8-9-18(15)23-2)17(14-20)13-19(22)21-10-6-4-5-7-11-21/h8-9,12,17H,3-7,10-11,13H2,1-2H3. The van der Waals surface area contributed by atoms with E-state index >= 15 is 0 Å². The van der Waals surface area contributed by atoms with E-state index in [4.69, 9.17) is 4.74 Å². The summed E-state index contributed by atoms with van der Waals surface area (Å²) >= 11 is 0. The van der Waals surface area contributed by atoms with Crippen molar-refractivity contribution in [3.8, 4) is 11.8 Å². The molecule has 23 heavy (non-hydrogen) atoms. The van der Waals surface area contributed by atoms with Crippen molar-refractivity contribution in [3.05, 3.63) is 29.3 Å². The molecule has 0 N–H and O–H groups in total. The number of hydrogen-bond acceptors (Lipinski definition) is 3. The third-order valence-electron chi connectivity index (χ3n) is 4.58. The highest BCUT2D eigenvalue weighted by atomic mass is 16.5. The van der Waals surface area contributed by atoms with Crippen LogP contribution in [0.2, 0.25) is 0 Å². The molecule has 1 aromatic carbocycles. The van der Waals surface area contributed by atoms with Crippen LogP contribution in [0.15, 0.2) is 18.2 Å². The van der Waals surface area contributed by atoms with Crippen LogP contribution in [0.1, 0.15) is 56.1 Å². The second-order valence-electron chi connectivity index (χ2n) is 6.11. The number of carbonyl (C=O) groups excluding carboxylic acids is 1. The van der Waals surface area contributed by atoms with E-state index < -0.39 is 0 Å². The van der Waals surface area contributed by atoms with E-state index in [9.17, 15) is 10.1 Å². The Labute approximate surface area is 139 Å². The second kappa shape index (κ2) is 8.57. The molecule has 1 aromatic rings. The van der Waals surface area contributed by atoms with Gasteiger partial charge >= 0.3 is 0 Å². The van der Waals surface area contributed by atoms with E-state index in [-0.39, 0.29) is 18.2 Å². The molecule has 4 heteroatoms. The number of hydrogen-bond donors (Lipinski definition) is 0. The lowest BCUT2D eigenvalue weighted by atomic mass is 9.94. The normalized spacial score (nSPS) is 16.3. The van der Waals surface area contributed by atoms with Crippen molar-refractivity contribution in [2.75, 3.05) is 20.2 Å². The number of nitriles is 1. The molecule has 1 atom stereocenters. The van der Waals surface area contributed by atoms with E-state index in [0.29, 0.717) is 0 Å². The summed E-state index contributed by atoms with van der Waals surface area (Å²) in [7, 11) is 1.65. The third kappa shape index (κ3) is 4.48. The van der Waals surface area contributed by atoms with Crippen molar-refractivity contribution >= 4 is 5.91 Å². The first-order chi connectivity index (χ1) is 11.2. The number of carbonyl (C=O) groups is 1. The van der Waals surface area contributed by atoms with Crippen molar-refractivity contribution in [2.24, 2.45) is 0 Å². The molecule has 1 saturated heterocycles. The van der Waals surface area contributed by atoms with Gasteiger partial charge in [-0.2, -0.15) is 5.26 Å². The van der Waals surface area contributed by atoms with E-state index in [1.807, 2.05) is 23.1 Å². The van der Waals surface area contributed by atoms with Crippen molar-refractivity contribution in [3.63, 3.8) is 0 Å². The first-order valence-corrected chi connectivity index (χ1v) is 8.53. The average Bonchev–Trinajstić information content (AvgIpc) is 2.88. The number of ether oxygens (including phenoxy) is 1. The molecule has 1 aliphatic heterocycles. The van der Waals surface area contributed by atoms with Crippen LogP contribution in [0.25, 0.3) is 0 Å². The molecule has 4 nitrogen and oxygen atoms in total. The molecule has 1 amide bonds. The molecule has 2 rings (SSSR count). The number of benzene rings is 1. The van der Waals surface area contributed by atoms with Gasteiger partial charge in [-0.05, 0) is 36.5 Å². The van der Waals surface area contributed by atoms with Gasteiger partial charge in [0.05, 0.1) is 19.1 Å². The molecule has 1 unspecified atom stereocenters. The first kappa shape index (κ1) is 17.3. The summed E-state index contributed by atoms with van der Waals surface area (Å²) in [5.41, 5.74) is 1.99. The Morgan fingerprint density at radius 1 is 1.30 bits per heavy atom. The summed E-state index contributed by atoms with van der Waals surface area (Å²) in [5.74, 6) is 0.557. The smallest absolute Gasteiger partial charge is 0.224 e. The highest BCUT2D eigenvalue weighted by Gasteiger charge is 2.22. The van der Waals surface area contributed by atoms with Crippen molar-refractivity contribution in [2.45, 2.75) is 51.4 Å². The molecule has 0 bridgehead atoms. The number of nitrogens with zero attached hydrogens (tertiary/aromatic N) is 2. The van der Waals surface area contributed by atoms with Gasteiger partial charge in [-0.25, -0.2) is 0 Å². The lowest BCUT2D eigenvalue weighted by molar-refractivity contribution is -0.131. The van der Waals surface area contributed by atoms with Crippen LogP contribution in [-0.4, -0.2) is 31.0 Å². The van der Waals surface area contributed by atoms with Crippen LogP contribution in [0, 0.1) is 11.3 Å². The summed E-state index contributed by atoms with van der Waals surface area (Å²) in [6.07, 6.45) is 5.66. The molecule has 0 saturated carbocycles. The maximum Gasteiger partial charge on any atom is 0.224 e. The Balaban J connectivity index is 2.10. The molecular weight excluding hydrogens is 288 g/mol. The zero-order valence-corrected chi connectivity index (χ0v) is 14.2. The fourth-order valence-electron chi connectivity index (χ4n) is 3.15. The molecule has 1 aliphatic rings. The zero-order chi connectivity index (χ0) is 16.7. The van der Waals surface area contributed by atoms with Crippen LogP contribution in [0.3, 0.4) is 0 Å². The van der Waals surface area contributed by atoms with Gasteiger partial charge < -0.3 is 9.64 Å². The summed E-state index contributed by atoms with van der Waals surface area (Å²) in [5, 5.41) is 9.52. The van der Waals surface area contributed by atoms with E-state index in [0.717, 1.165) is 49.2 Å². The number of aryl methyl sites for hydroxylation is 1. The van der Waals surface area contributed by atoms with Crippen molar-refractivity contribution in [1.29, 1.82) is 5.26 Å². The summed E-state index contributed by atoms with van der Waals surface area (Å²) in [6, 6.07) is 8.11. The highest BCUT2D eigenvalue weighted by Crippen LogP contribution is 2.27. The molecule has 0 aliphatic carbocycles. The molecule has 0 radical (unpaired) electrons. The predicted octanol–water partition coefficient (Wildman–Crippen LogP) is 3.66. The highest BCUT2D eigenvalue weighted by molar-refractivity contribution is 5.77. The van der Waals surface area contributed by atoms with Gasteiger partial charge in [-0.15, -0.1) is 0 Å². The molecule has 1 heterocycles. The molecular formula is C19H26N2O2. The first-order valence-electron chi connectivity index (χ1n) is 8.53. The quantitative estimate of drug-likeness (QED) is 0.833. The lowest BCUT2D eigenvalue weighted by Gasteiger charge is -2.22. The van der Waals surface area contributed by atoms with Crippen LogP contribution in [-0.2, 0) is 11.2 Å². The van der Waals surface area contributed by atoms with Gasteiger partial charge in [-0.1, -0.05) is 31.9 Å². The van der Waals surface area contributed by atoms with Crippen LogP contribution in [0.5, 0.6) is 5.75 Å². The molecule has 0 aromatic heterocycles. The Bertz CT molecular complexity index is 569. The summed E-state index contributed by atoms with van der Waals surface area (Å²) < 4.78 is 5.34. The number of likely N-dealkylation sites (tertiary alicyclic amines) is 1. The maximum absolute atomic E-state index is 12.5. The lowest BCUT2D eigenvalue weighted by Crippen LogP contribution is -2.32. The topological polar surface area (TPSA) is 53.3 Å². The van der Waals surface area contributed by atoms with Crippen molar-refractivity contribution < 1.29 is 9.53 Å². The SMILES string of the molecule is CCc1cc(C(C#N)CC(=O)N2CCCCCC2)ccc1OC. The van der Waals surface area contributed by atoms with Gasteiger partial charge in [0, 0.05) is 19.5 Å². The van der Waals surface area contributed by atoms with Crippen LogP contribution >= 0.6 is 0 Å². The molecule has 0 spiro atoms. The van der Waals surface area contributed by atoms with E-state index in [1.165, 1.54) is 12.8 Å². The minimum absolute atomic E-state index is 0.104. The summed E-state index contributed by atoms with van der Waals surface area (Å²) in [4.78, 5) is 14.5. The number of methoxy groups -OCH3 is 1. The predicted molar refractivity (Wildman–Crippen MR) is 90.4 cm³/mol. The third-order valence-corrected chi connectivity index (χ3v) is 4.58. The van der Waals surface area contributed by atoms with Gasteiger partial charge in [-0.3, -0.25) is 4.79 Å². The fraction of sp³-hybridized carbons (Fsp3) is 0.579. The Morgan fingerprint density at radius 2 is 2.00 bits per heavy atom. The number of amides is 1. The van der Waals surface area contributed by atoms with Gasteiger partial charge in [0.15, 0.2) is 0 Å². The van der Waals surface area contributed by atoms with Gasteiger partial charge in [0.1, 0.15) is 5.75 Å².